The number of anilines is 1. The van der Waals surface area contributed by atoms with Gasteiger partial charge in [-0.2, -0.15) is 10.4 Å². The largest absolute Gasteiger partial charge is 0.370 e. The van der Waals surface area contributed by atoms with Crippen LogP contribution in [0.3, 0.4) is 0 Å². The fourth-order valence-electron chi connectivity index (χ4n) is 5.67. The van der Waals surface area contributed by atoms with E-state index >= 15 is 0 Å². The molecule has 1 aromatic carbocycles. The Morgan fingerprint density at radius 1 is 1.17 bits per heavy atom. The molecule has 35 heavy (non-hydrogen) atoms. The number of likely N-dealkylation sites (tertiary alicyclic amines) is 2. The molecule has 0 aliphatic carbocycles. The number of benzene rings is 1. The van der Waals surface area contributed by atoms with Crippen LogP contribution in [-0.4, -0.2) is 70.5 Å². The number of pyridine rings is 1. The second kappa shape index (κ2) is 9.40. The normalized spacial score (nSPS) is 26.8. The van der Waals surface area contributed by atoms with E-state index in [1.807, 2.05) is 30.9 Å². The van der Waals surface area contributed by atoms with Crippen LogP contribution in [0.4, 0.5) is 5.82 Å². The minimum absolute atomic E-state index is 0.0106. The van der Waals surface area contributed by atoms with E-state index in [4.69, 9.17) is 5.26 Å². The second-order valence-corrected chi connectivity index (χ2v) is 10.1. The number of hydrazone groups is 1. The lowest BCUT2D eigenvalue weighted by atomic mass is 9.79. The fraction of sp³-hybridized carbons (Fsp3) is 0.481. The monoisotopic (exact) mass is 472 g/mol. The van der Waals surface area contributed by atoms with E-state index in [-0.39, 0.29) is 5.91 Å². The summed E-state index contributed by atoms with van der Waals surface area (Å²) >= 11 is 0. The number of aromatic nitrogens is 1. The van der Waals surface area contributed by atoms with Crippen molar-refractivity contribution < 1.29 is 9.90 Å². The van der Waals surface area contributed by atoms with Crippen LogP contribution in [0.1, 0.15) is 59.7 Å². The third kappa shape index (κ3) is 4.30. The van der Waals surface area contributed by atoms with Gasteiger partial charge in [0.15, 0.2) is 12.0 Å². The summed E-state index contributed by atoms with van der Waals surface area (Å²) in [5.74, 6) is 0.491. The van der Waals surface area contributed by atoms with Crippen LogP contribution in [0.5, 0.6) is 0 Å². The van der Waals surface area contributed by atoms with Crippen molar-refractivity contribution in [1.82, 2.24) is 14.8 Å². The van der Waals surface area contributed by atoms with Gasteiger partial charge in [0.05, 0.1) is 22.6 Å². The van der Waals surface area contributed by atoms with Crippen molar-refractivity contribution in [2.24, 2.45) is 5.10 Å². The first-order valence-corrected chi connectivity index (χ1v) is 12.4. The zero-order valence-corrected chi connectivity index (χ0v) is 20.4. The van der Waals surface area contributed by atoms with Gasteiger partial charge in [-0.15, -0.1) is 0 Å². The first-order valence-electron chi connectivity index (χ1n) is 12.4. The average molecular weight is 473 g/mol. The molecule has 5 rings (SSSR count). The minimum Gasteiger partial charge on any atom is -0.370 e. The zero-order valence-electron chi connectivity index (χ0n) is 20.4. The molecule has 1 amide bonds. The molecule has 0 bridgehead atoms. The number of aliphatic hydroxyl groups is 1. The van der Waals surface area contributed by atoms with Crippen LogP contribution >= 0.6 is 0 Å². The zero-order chi connectivity index (χ0) is 24.6. The lowest BCUT2D eigenvalue weighted by Gasteiger charge is -2.37. The van der Waals surface area contributed by atoms with E-state index in [2.05, 4.69) is 21.1 Å². The third-order valence-electron chi connectivity index (χ3n) is 7.72. The van der Waals surface area contributed by atoms with Gasteiger partial charge in [0.2, 0.25) is 0 Å². The number of aryl methyl sites for hydroxylation is 1. The molecular weight excluding hydrogens is 440 g/mol. The summed E-state index contributed by atoms with van der Waals surface area (Å²) in [6.07, 6.45) is 7.03. The Labute approximate surface area is 206 Å². The number of hydrogen-bond donors (Lipinski definition) is 1. The van der Waals surface area contributed by atoms with Crippen LogP contribution in [0.2, 0.25) is 0 Å². The standard InChI is InChI=1S/C27H32N6O2/c1-19-14-20(15-28)7-9-23(19)27(2)18-30-33(26(27)35)24-10-8-21(16-29-24)25(34)32-13-5-6-22(17-32)31-11-3-4-12-31/h7-10,14,16,18,22,26,35H,3-6,11-13,17H2,1-2H3/t22-,26?,27?/m1/s1. The van der Waals surface area contributed by atoms with Crippen molar-refractivity contribution in [2.45, 2.75) is 57.2 Å². The molecule has 2 saturated heterocycles. The van der Waals surface area contributed by atoms with E-state index in [1.54, 1.807) is 30.6 Å². The van der Waals surface area contributed by atoms with Gasteiger partial charge in [0.1, 0.15) is 0 Å². The number of piperidine rings is 1. The molecule has 1 N–H and O–H groups in total. The molecule has 0 spiro atoms. The van der Waals surface area contributed by atoms with Gasteiger partial charge in [0.25, 0.3) is 5.91 Å². The van der Waals surface area contributed by atoms with Crippen molar-refractivity contribution in [1.29, 1.82) is 5.26 Å². The van der Waals surface area contributed by atoms with Crippen molar-refractivity contribution in [3.63, 3.8) is 0 Å². The van der Waals surface area contributed by atoms with Crippen LogP contribution in [0.25, 0.3) is 0 Å². The topological polar surface area (TPSA) is 96.1 Å². The molecule has 0 radical (unpaired) electrons. The number of carbonyl (C=O) groups excluding carboxylic acids is 1. The molecule has 3 aliphatic rings. The average Bonchev–Trinajstić information content (AvgIpc) is 3.53. The molecule has 8 nitrogen and oxygen atoms in total. The van der Waals surface area contributed by atoms with Crippen LogP contribution < -0.4 is 5.01 Å². The van der Waals surface area contributed by atoms with Gasteiger partial charge in [-0.3, -0.25) is 9.69 Å². The molecule has 2 fully saturated rings. The Morgan fingerprint density at radius 3 is 2.66 bits per heavy atom. The number of nitriles is 1. The maximum absolute atomic E-state index is 13.2. The predicted octanol–water partition coefficient (Wildman–Crippen LogP) is 3.04. The van der Waals surface area contributed by atoms with Crippen molar-refractivity contribution in [3.8, 4) is 6.07 Å². The second-order valence-electron chi connectivity index (χ2n) is 10.1. The predicted molar refractivity (Wildman–Crippen MR) is 134 cm³/mol. The van der Waals surface area contributed by atoms with Gasteiger partial charge in [-0.1, -0.05) is 6.07 Å². The van der Waals surface area contributed by atoms with Gasteiger partial charge < -0.3 is 10.0 Å². The number of carbonyl (C=O) groups is 1. The van der Waals surface area contributed by atoms with E-state index in [0.717, 1.165) is 50.1 Å². The Kier molecular flexibility index (Phi) is 6.30. The molecule has 182 valence electrons. The lowest BCUT2D eigenvalue weighted by molar-refractivity contribution is 0.0607. The highest BCUT2D eigenvalue weighted by molar-refractivity contribution is 5.94. The van der Waals surface area contributed by atoms with Gasteiger partial charge in [0, 0.05) is 31.5 Å². The maximum Gasteiger partial charge on any atom is 0.255 e. The van der Waals surface area contributed by atoms with E-state index in [1.165, 1.54) is 17.9 Å². The van der Waals surface area contributed by atoms with E-state index < -0.39 is 11.6 Å². The van der Waals surface area contributed by atoms with Crippen molar-refractivity contribution in [2.75, 3.05) is 31.2 Å². The van der Waals surface area contributed by atoms with Crippen molar-refractivity contribution >= 4 is 17.9 Å². The van der Waals surface area contributed by atoms with Gasteiger partial charge in [-0.25, -0.2) is 9.99 Å². The van der Waals surface area contributed by atoms with E-state index in [0.29, 0.717) is 23.0 Å². The smallest absolute Gasteiger partial charge is 0.255 e. The quantitative estimate of drug-likeness (QED) is 0.735. The molecule has 2 aromatic rings. The number of aliphatic hydroxyl groups excluding tert-OH is 1. The highest BCUT2D eigenvalue weighted by Crippen LogP contribution is 2.36. The Hall–Kier alpha value is -3.28. The summed E-state index contributed by atoms with van der Waals surface area (Å²) < 4.78 is 0. The summed E-state index contributed by atoms with van der Waals surface area (Å²) in [4.78, 5) is 22.2. The highest BCUT2D eigenvalue weighted by Gasteiger charge is 2.43. The molecular formula is C27H32N6O2. The first-order chi connectivity index (χ1) is 16.9. The summed E-state index contributed by atoms with van der Waals surface area (Å²) in [6, 6.07) is 11.6. The molecule has 1 aromatic heterocycles. The lowest BCUT2D eigenvalue weighted by Crippen LogP contribution is -2.49. The molecule has 3 aliphatic heterocycles. The molecule has 4 heterocycles. The molecule has 2 unspecified atom stereocenters. The Bertz CT molecular complexity index is 1170. The van der Waals surface area contributed by atoms with Gasteiger partial charge in [-0.05, 0) is 88.0 Å². The molecule has 0 saturated carbocycles. The number of nitrogens with zero attached hydrogens (tertiary/aromatic N) is 6. The van der Waals surface area contributed by atoms with Crippen LogP contribution in [-0.2, 0) is 5.41 Å². The Morgan fingerprint density at radius 2 is 1.97 bits per heavy atom. The van der Waals surface area contributed by atoms with Crippen LogP contribution in [0.15, 0.2) is 41.6 Å². The number of amides is 1. The van der Waals surface area contributed by atoms with Crippen LogP contribution in [0, 0.1) is 18.3 Å². The molecule has 8 heteroatoms. The first kappa shape index (κ1) is 23.5. The maximum atomic E-state index is 13.2. The summed E-state index contributed by atoms with van der Waals surface area (Å²) in [7, 11) is 0. The molecule has 3 atom stereocenters. The fourth-order valence-corrected chi connectivity index (χ4v) is 5.67. The number of rotatable bonds is 4. The SMILES string of the molecule is Cc1cc(C#N)ccc1C1(C)C=NN(c2ccc(C(=O)N3CCC[C@@H](N4CCCC4)C3)cn2)C1O. The summed E-state index contributed by atoms with van der Waals surface area (Å²) in [6.45, 7) is 7.68. The van der Waals surface area contributed by atoms with E-state index in [9.17, 15) is 9.90 Å². The number of hydrogen-bond acceptors (Lipinski definition) is 7. The third-order valence-corrected chi connectivity index (χ3v) is 7.72. The Balaban J connectivity index is 1.29. The summed E-state index contributed by atoms with van der Waals surface area (Å²) in [5.41, 5.74) is 2.20. The van der Waals surface area contributed by atoms with Gasteiger partial charge >= 0.3 is 0 Å². The highest BCUT2D eigenvalue weighted by atomic mass is 16.3. The minimum atomic E-state index is -0.966. The van der Waals surface area contributed by atoms with Crippen molar-refractivity contribution in [3.05, 3.63) is 58.8 Å². The summed E-state index contributed by atoms with van der Waals surface area (Å²) in [5, 5.41) is 26.3.